The van der Waals surface area contributed by atoms with Gasteiger partial charge in [-0.2, -0.15) is 0 Å². The van der Waals surface area contributed by atoms with Gasteiger partial charge < -0.3 is 40.3 Å². The van der Waals surface area contributed by atoms with E-state index in [0.29, 0.717) is 31.7 Å². The summed E-state index contributed by atoms with van der Waals surface area (Å²) in [6.07, 6.45) is -1.94. The van der Waals surface area contributed by atoms with Gasteiger partial charge in [0.15, 0.2) is 6.29 Å². The van der Waals surface area contributed by atoms with Crippen LogP contribution >= 0.6 is 0 Å². The SMILES string of the molecule is C[C@@H]1[C@H](CN(C)C[C@@H](O)c2cccc(O)c2)O[C@H](c2ccc(-c3ccccc3CNC(=O)NCc3ccccc3)cc2)O[C@@H]1c1ccc(CO)cc1. The zero-order chi connectivity index (χ0) is 36.5. The van der Waals surface area contributed by atoms with Crippen molar-refractivity contribution in [1.29, 1.82) is 0 Å². The molecule has 0 saturated carbocycles. The number of nitrogens with zero attached hydrogens (tertiary/aromatic N) is 1. The van der Waals surface area contributed by atoms with Gasteiger partial charge in [-0.25, -0.2) is 4.79 Å². The Balaban J connectivity index is 1.16. The number of benzene rings is 5. The minimum Gasteiger partial charge on any atom is -0.508 e. The summed E-state index contributed by atoms with van der Waals surface area (Å²) < 4.78 is 13.3. The molecule has 2 amide bonds. The third-order valence-corrected chi connectivity index (χ3v) is 9.60. The number of likely N-dealkylation sites (N-methyl/N-ethyl adjacent to an activating group) is 1. The molecule has 5 N–H and O–H groups in total. The van der Waals surface area contributed by atoms with E-state index in [4.69, 9.17) is 9.47 Å². The number of ether oxygens (including phenoxy) is 2. The summed E-state index contributed by atoms with van der Waals surface area (Å²) in [5, 5.41) is 36.3. The summed E-state index contributed by atoms with van der Waals surface area (Å²) in [6, 6.07) is 40.2. The van der Waals surface area contributed by atoms with Crippen molar-refractivity contribution >= 4 is 6.03 Å². The van der Waals surface area contributed by atoms with Gasteiger partial charge in [-0.15, -0.1) is 0 Å². The maximum absolute atomic E-state index is 12.6. The predicted octanol–water partition coefficient (Wildman–Crippen LogP) is 7.01. The van der Waals surface area contributed by atoms with Crippen LogP contribution in [0.15, 0.2) is 127 Å². The van der Waals surface area contributed by atoms with Gasteiger partial charge in [0.25, 0.3) is 0 Å². The Morgan fingerprint density at radius 2 is 1.48 bits per heavy atom. The molecule has 0 aromatic heterocycles. The first-order valence-electron chi connectivity index (χ1n) is 17.7. The number of hydrogen-bond acceptors (Lipinski definition) is 7. The molecule has 0 spiro atoms. The molecule has 1 aliphatic rings. The quantitative estimate of drug-likeness (QED) is 0.0896. The summed E-state index contributed by atoms with van der Waals surface area (Å²) >= 11 is 0. The normalized spacial score (nSPS) is 19.2. The minimum atomic E-state index is -0.779. The number of urea groups is 1. The Morgan fingerprint density at radius 3 is 2.21 bits per heavy atom. The second-order valence-corrected chi connectivity index (χ2v) is 13.5. The van der Waals surface area contributed by atoms with E-state index in [2.05, 4.69) is 17.6 Å². The van der Waals surface area contributed by atoms with Crippen LogP contribution in [0.4, 0.5) is 4.79 Å². The largest absolute Gasteiger partial charge is 0.508 e. The van der Waals surface area contributed by atoms with E-state index in [0.717, 1.165) is 38.9 Å². The molecule has 1 saturated heterocycles. The molecule has 6 rings (SSSR count). The fourth-order valence-corrected chi connectivity index (χ4v) is 6.63. The molecule has 9 nitrogen and oxygen atoms in total. The summed E-state index contributed by atoms with van der Waals surface area (Å²) in [5.74, 6) is 0.0896. The standard InChI is InChI=1S/C43H47N3O6/c1-29-40(27-46(2)26-39(49)35-12-8-13-37(48)23-35)51-42(52-41(29)33-17-15-31(28-47)16-18-33)34-21-19-32(20-22-34)38-14-7-6-11-36(38)25-45-43(50)44-24-30-9-4-3-5-10-30/h3-23,29,39-42,47-49H,24-28H2,1-2H3,(H2,44,45,50)/t29-,39-,40+,41+,42+/m1/s1. The van der Waals surface area contributed by atoms with Gasteiger partial charge in [0.2, 0.25) is 0 Å². The number of phenols is 1. The highest BCUT2D eigenvalue weighted by Crippen LogP contribution is 2.42. The number of nitrogens with one attached hydrogen (secondary N) is 2. The number of aromatic hydroxyl groups is 1. The molecule has 52 heavy (non-hydrogen) atoms. The fraction of sp³-hybridized carbons (Fsp3) is 0.279. The van der Waals surface area contributed by atoms with Crippen molar-refractivity contribution in [3.05, 3.63) is 161 Å². The van der Waals surface area contributed by atoms with Gasteiger partial charge in [-0.1, -0.05) is 122 Å². The van der Waals surface area contributed by atoms with Crippen LogP contribution in [0.2, 0.25) is 0 Å². The van der Waals surface area contributed by atoms with Gasteiger partial charge in [-0.3, -0.25) is 0 Å². The van der Waals surface area contributed by atoms with Crippen molar-refractivity contribution < 1.29 is 29.6 Å². The molecule has 0 unspecified atom stereocenters. The van der Waals surface area contributed by atoms with Crippen molar-refractivity contribution in [2.75, 3.05) is 20.1 Å². The lowest BCUT2D eigenvalue weighted by molar-refractivity contribution is -0.276. The molecule has 1 fully saturated rings. The number of carbonyl (C=O) groups is 1. The topological polar surface area (TPSA) is 124 Å². The second kappa shape index (κ2) is 17.5. The lowest BCUT2D eigenvalue weighted by Crippen LogP contribution is -2.44. The number of aliphatic hydroxyl groups is 2. The number of amides is 2. The van der Waals surface area contributed by atoms with E-state index in [1.54, 1.807) is 24.3 Å². The number of rotatable bonds is 13. The summed E-state index contributed by atoms with van der Waals surface area (Å²) in [6.45, 7) is 3.80. The van der Waals surface area contributed by atoms with E-state index in [9.17, 15) is 20.1 Å². The van der Waals surface area contributed by atoms with Crippen LogP contribution in [0.5, 0.6) is 5.75 Å². The van der Waals surface area contributed by atoms with E-state index in [1.165, 1.54) is 0 Å². The third kappa shape index (κ3) is 9.44. The van der Waals surface area contributed by atoms with E-state index in [1.807, 2.05) is 115 Å². The Hall–Kier alpha value is -5.03. The Kier molecular flexibility index (Phi) is 12.3. The van der Waals surface area contributed by atoms with Crippen molar-refractivity contribution in [3.8, 4) is 16.9 Å². The molecule has 1 aliphatic heterocycles. The smallest absolute Gasteiger partial charge is 0.315 e. The summed E-state index contributed by atoms with van der Waals surface area (Å²) in [4.78, 5) is 14.6. The van der Waals surface area contributed by atoms with Crippen LogP contribution in [-0.4, -0.2) is 52.5 Å². The van der Waals surface area contributed by atoms with Crippen molar-refractivity contribution in [1.82, 2.24) is 15.5 Å². The van der Waals surface area contributed by atoms with E-state index in [-0.39, 0.29) is 36.5 Å². The molecule has 1 heterocycles. The monoisotopic (exact) mass is 701 g/mol. The molecule has 0 radical (unpaired) electrons. The van der Waals surface area contributed by atoms with Gasteiger partial charge >= 0.3 is 6.03 Å². The Bertz CT molecular complexity index is 1890. The van der Waals surface area contributed by atoms with Crippen LogP contribution in [-0.2, 0) is 29.2 Å². The van der Waals surface area contributed by atoms with Crippen LogP contribution in [0, 0.1) is 5.92 Å². The highest BCUT2D eigenvalue weighted by Gasteiger charge is 2.39. The summed E-state index contributed by atoms with van der Waals surface area (Å²) in [7, 11) is 1.95. The van der Waals surface area contributed by atoms with Crippen molar-refractivity contribution in [2.24, 2.45) is 5.92 Å². The minimum absolute atomic E-state index is 0.0277. The highest BCUT2D eigenvalue weighted by molar-refractivity contribution is 5.75. The predicted molar refractivity (Wildman–Crippen MR) is 201 cm³/mol. The van der Waals surface area contributed by atoms with Crippen molar-refractivity contribution in [2.45, 2.75) is 51.2 Å². The third-order valence-electron chi connectivity index (χ3n) is 9.60. The van der Waals surface area contributed by atoms with Crippen LogP contribution in [0.3, 0.4) is 0 Å². The second-order valence-electron chi connectivity index (χ2n) is 13.5. The maximum atomic E-state index is 12.6. The first kappa shape index (κ1) is 36.8. The first-order chi connectivity index (χ1) is 25.3. The zero-order valence-electron chi connectivity index (χ0n) is 29.6. The average molecular weight is 702 g/mol. The molecule has 270 valence electrons. The average Bonchev–Trinajstić information content (AvgIpc) is 3.17. The van der Waals surface area contributed by atoms with Crippen LogP contribution < -0.4 is 10.6 Å². The Labute approximate surface area is 305 Å². The number of hydrogen-bond donors (Lipinski definition) is 5. The molecule has 5 aromatic rings. The molecular weight excluding hydrogens is 654 g/mol. The lowest BCUT2D eigenvalue weighted by atomic mass is 9.90. The fourth-order valence-electron chi connectivity index (χ4n) is 6.63. The lowest BCUT2D eigenvalue weighted by Gasteiger charge is -2.42. The van der Waals surface area contributed by atoms with Crippen LogP contribution in [0.25, 0.3) is 11.1 Å². The van der Waals surface area contributed by atoms with Crippen LogP contribution in [0.1, 0.15) is 58.8 Å². The number of aliphatic hydroxyl groups excluding tert-OH is 2. The Morgan fingerprint density at radius 1 is 0.788 bits per heavy atom. The van der Waals surface area contributed by atoms with Gasteiger partial charge in [-0.05, 0) is 58.1 Å². The molecule has 5 aromatic carbocycles. The first-order valence-corrected chi connectivity index (χ1v) is 17.7. The maximum Gasteiger partial charge on any atom is 0.315 e. The zero-order valence-corrected chi connectivity index (χ0v) is 29.6. The molecule has 9 heteroatoms. The molecule has 0 bridgehead atoms. The van der Waals surface area contributed by atoms with E-state index >= 15 is 0 Å². The van der Waals surface area contributed by atoms with Gasteiger partial charge in [0.1, 0.15) is 5.75 Å². The van der Waals surface area contributed by atoms with Gasteiger partial charge in [0, 0.05) is 37.7 Å². The molecular formula is C43H47N3O6. The molecule has 0 aliphatic carbocycles. The summed E-state index contributed by atoms with van der Waals surface area (Å²) in [5.41, 5.74) is 7.39. The number of carbonyl (C=O) groups excluding carboxylic acids is 1. The van der Waals surface area contributed by atoms with Gasteiger partial charge in [0.05, 0.1) is 24.9 Å². The van der Waals surface area contributed by atoms with Crippen molar-refractivity contribution in [3.63, 3.8) is 0 Å². The molecule has 5 atom stereocenters. The highest BCUT2D eigenvalue weighted by atomic mass is 16.7. The van der Waals surface area contributed by atoms with E-state index < -0.39 is 12.4 Å². The number of phenolic OH excluding ortho intramolecular Hbond substituents is 1.